The van der Waals surface area contributed by atoms with Crippen molar-refractivity contribution in [1.29, 1.82) is 0 Å². The van der Waals surface area contributed by atoms with Crippen LogP contribution in [0.1, 0.15) is 40.5 Å². The summed E-state index contributed by atoms with van der Waals surface area (Å²) in [6.45, 7) is -2.83. The monoisotopic (exact) mass is 349 g/mol. The molecule has 1 aliphatic rings. The van der Waals surface area contributed by atoms with E-state index in [2.05, 4.69) is 25.0 Å². The number of methoxy groups -OCH3 is 1. The molecule has 25 heavy (non-hydrogen) atoms. The number of hydrogen-bond donors (Lipinski definition) is 1. The van der Waals surface area contributed by atoms with Crippen LogP contribution in [0.3, 0.4) is 0 Å². The predicted octanol–water partition coefficient (Wildman–Crippen LogP) is 3.35. The van der Waals surface area contributed by atoms with E-state index in [1.165, 1.54) is 19.2 Å². The van der Waals surface area contributed by atoms with E-state index in [4.69, 9.17) is 0 Å². The third kappa shape index (κ3) is 4.01. The first-order chi connectivity index (χ1) is 12.1. The summed E-state index contributed by atoms with van der Waals surface area (Å²) in [6.07, 6.45) is 2.60. The van der Waals surface area contributed by atoms with Crippen molar-refractivity contribution >= 4 is 11.8 Å². The second-order valence-corrected chi connectivity index (χ2v) is 5.62. The fraction of sp³-hybridized carbons (Fsp3) is 0.353. The molecule has 1 aliphatic carbocycles. The van der Waals surface area contributed by atoms with Crippen molar-refractivity contribution in [1.82, 2.24) is 10.2 Å². The van der Waals surface area contributed by atoms with Crippen LogP contribution < -0.4 is 10.1 Å². The molecule has 6 nitrogen and oxygen atoms in total. The summed E-state index contributed by atoms with van der Waals surface area (Å²) in [5.74, 6) is 0.142. The number of anilines is 1. The summed E-state index contributed by atoms with van der Waals surface area (Å²) < 4.78 is 33.7. The number of benzene rings is 1. The van der Waals surface area contributed by atoms with Gasteiger partial charge in [-0.3, -0.25) is 0 Å². The van der Waals surface area contributed by atoms with E-state index in [1.54, 1.807) is 18.2 Å². The highest BCUT2D eigenvalue weighted by atomic mass is 19.3. The molecule has 0 fully saturated rings. The van der Waals surface area contributed by atoms with Gasteiger partial charge in [0.05, 0.1) is 13.2 Å². The smallest absolute Gasteiger partial charge is 0.387 e. The largest absolute Gasteiger partial charge is 0.464 e. The van der Waals surface area contributed by atoms with Gasteiger partial charge >= 0.3 is 12.6 Å². The fourth-order valence-electron chi connectivity index (χ4n) is 2.92. The van der Waals surface area contributed by atoms with E-state index < -0.39 is 12.6 Å². The van der Waals surface area contributed by atoms with Crippen molar-refractivity contribution in [3.8, 4) is 5.75 Å². The summed E-state index contributed by atoms with van der Waals surface area (Å²) >= 11 is 0. The molecule has 1 aromatic carbocycles. The maximum absolute atomic E-state index is 12.3. The van der Waals surface area contributed by atoms with Gasteiger partial charge in [-0.15, -0.1) is 10.2 Å². The number of fused-ring (bicyclic) bond motifs is 1. The second-order valence-electron chi connectivity index (χ2n) is 5.62. The topological polar surface area (TPSA) is 73.3 Å². The number of nitrogens with one attached hydrogen (secondary N) is 1. The van der Waals surface area contributed by atoms with E-state index in [0.717, 1.165) is 30.4 Å². The zero-order valence-corrected chi connectivity index (χ0v) is 13.5. The molecule has 8 heteroatoms. The van der Waals surface area contributed by atoms with Gasteiger partial charge < -0.3 is 14.8 Å². The molecular formula is C17H17F2N3O3. The first-order valence-corrected chi connectivity index (χ1v) is 7.83. The zero-order valence-electron chi connectivity index (χ0n) is 13.5. The van der Waals surface area contributed by atoms with Crippen LogP contribution in [0.5, 0.6) is 5.75 Å². The van der Waals surface area contributed by atoms with E-state index in [1.807, 2.05) is 0 Å². The molecule has 1 unspecified atom stereocenters. The Bertz CT molecular complexity index is 753. The highest BCUT2D eigenvalue weighted by Crippen LogP contribution is 2.34. The first kappa shape index (κ1) is 17.1. The third-order valence-electron chi connectivity index (χ3n) is 4.04. The molecule has 0 saturated carbocycles. The van der Waals surface area contributed by atoms with Crippen LogP contribution in [0.15, 0.2) is 30.3 Å². The van der Waals surface area contributed by atoms with Crippen LogP contribution >= 0.6 is 0 Å². The molecule has 1 heterocycles. The first-order valence-electron chi connectivity index (χ1n) is 7.83. The van der Waals surface area contributed by atoms with E-state index >= 15 is 0 Å². The van der Waals surface area contributed by atoms with Crippen LogP contribution in [0.2, 0.25) is 0 Å². The van der Waals surface area contributed by atoms with Crippen LogP contribution in [0.25, 0.3) is 0 Å². The number of aryl methyl sites for hydroxylation is 1. The van der Waals surface area contributed by atoms with Gasteiger partial charge in [-0.2, -0.15) is 8.78 Å². The zero-order chi connectivity index (χ0) is 17.8. The van der Waals surface area contributed by atoms with Crippen molar-refractivity contribution in [2.75, 3.05) is 12.4 Å². The number of halogens is 2. The van der Waals surface area contributed by atoms with E-state index in [-0.39, 0.29) is 17.5 Å². The summed E-state index contributed by atoms with van der Waals surface area (Å²) in [6, 6.07) is 8.16. The quantitative estimate of drug-likeness (QED) is 0.835. The number of rotatable bonds is 5. The molecule has 1 N–H and O–H groups in total. The average Bonchev–Trinajstić information content (AvgIpc) is 2.61. The lowest BCUT2D eigenvalue weighted by molar-refractivity contribution is -0.0499. The predicted molar refractivity (Wildman–Crippen MR) is 85.7 cm³/mol. The van der Waals surface area contributed by atoms with Gasteiger partial charge in [-0.05, 0) is 54.7 Å². The molecule has 0 spiro atoms. The van der Waals surface area contributed by atoms with Gasteiger partial charge in [0.2, 0.25) is 0 Å². The molecule has 0 radical (unpaired) electrons. The Balaban J connectivity index is 1.75. The maximum Gasteiger partial charge on any atom is 0.387 e. The van der Waals surface area contributed by atoms with Crippen molar-refractivity contribution in [2.45, 2.75) is 31.9 Å². The molecule has 3 rings (SSSR count). The van der Waals surface area contributed by atoms with E-state index in [9.17, 15) is 13.6 Å². The van der Waals surface area contributed by atoms with Crippen LogP contribution in [-0.4, -0.2) is 29.9 Å². The Kier molecular flexibility index (Phi) is 5.06. The van der Waals surface area contributed by atoms with Gasteiger partial charge in [0.15, 0.2) is 5.69 Å². The highest BCUT2D eigenvalue weighted by Gasteiger charge is 2.22. The average molecular weight is 349 g/mol. The molecule has 0 amide bonds. The highest BCUT2D eigenvalue weighted by molar-refractivity contribution is 5.86. The van der Waals surface area contributed by atoms with Gasteiger partial charge in [-0.1, -0.05) is 6.07 Å². The van der Waals surface area contributed by atoms with Crippen molar-refractivity contribution in [3.05, 3.63) is 47.2 Å². The van der Waals surface area contributed by atoms with Gasteiger partial charge in [0.25, 0.3) is 0 Å². The number of esters is 1. The number of alkyl halides is 2. The number of hydrogen-bond acceptors (Lipinski definition) is 6. The van der Waals surface area contributed by atoms with Gasteiger partial charge in [-0.25, -0.2) is 4.79 Å². The third-order valence-corrected chi connectivity index (χ3v) is 4.04. The Hall–Kier alpha value is -2.77. The van der Waals surface area contributed by atoms with Crippen LogP contribution in [0.4, 0.5) is 14.6 Å². The standard InChI is InChI=1S/C17H17F2N3O3/c1-24-16(23)14-7-8-15(22-21-14)20-13-4-2-3-10-9-11(25-17(18)19)5-6-12(10)13/h5-9,13,17H,2-4H2,1H3,(H,20,22). The van der Waals surface area contributed by atoms with Crippen LogP contribution in [-0.2, 0) is 11.2 Å². The Morgan fingerprint density at radius 3 is 2.80 bits per heavy atom. The Labute approximate surface area is 143 Å². The Morgan fingerprint density at radius 2 is 2.12 bits per heavy atom. The minimum atomic E-state index is -2.83. The number of carbonyl (C=O) groups excluding carboxylic acids is 1. The lowest BCUT2D eigenvalue weighted by Gasteiger charge is -2.27. The number of carbonyl (C=O) groups is 1. The van der Waals surface area contributed by atoms with Gasteiger partial charge in [0.1, 0.15) is 11.6 Å². The van der Waals surface area contributed by atoms with Crippen molar-refractivity contribution < 1.29 is 23.0 Å². The Morgan fingerprint density at radius 1 is 1.28 bits per heavy atom. The molecule has 2 aromatic rings. The minimum absolute atomic E-state index is 0.0115. The SMILES string of the molecule is COC(=O)c1ccc(NC2CCCc3cc(OC(F)F)ccc32)nn1. The maximum atomic E-state index is 12.3. The van der Waals surface area contributed by atoms with Crippen molar-refractivity contribution in [3.63, 3.8) is 0 Å². The molecule has 0 aliphatic heterocycles. The minimum Gasteiger partial charge on any atom is -0.464 e. The molecule has 0 bridgehead atoms. The number of ether oxygens (including phenoxy) is 2. The molecule has 0 saturated heterocycles. The summed E-state index contributed by atoms with van der Waals surface area (Å²) in [4.78, 5) is 11.4. The lowest BCUT2D eigenvalue weighted by atomic mass is 9.87. The molecule has 1 aromatic heterocycles. The molecule has 1 atom stereocenters. The van der Waals surface area contributed by atoms with E-state index in [0.29, 0.717) is 5.82 Å². The fourth-order valence-corrected chi connectivity index (χ4v) is 2.92. The van der Waals surface area contributed by atoms with Crippen molar-refractivity contribution in [2.24, 2.45) is 0 Å². The second kappa shape index (κ2) is 7.42. The van der Waals surface area contributed by atoms with Crippen LogP contribution in [0, 0.1) is 0 Å². The normalized spacial score (nSPS) is 16.2. The van der Waals surface area contributed by atoms with Gasteiger partial charge in [0, 0.05) is 0 Å². The lowest BCUT2D eigenvalue weighted by Crippen LogP contribution is -2.19. The number of aromatic nitrogens is 2. The summed E-state index contributed by atoms with van der Waals surface area (Å²) in [5, 5.41) is 11.1. The summed E-state index contributed by atoms with van der Waals surface area (Å²) in [7, 11) is 1.28. The summed E-state index contributed by atoms with van der Waals surface area (Å²) in [5.41, 5.74) is 2.12. The molecule has 132 valence electrons. The molecular weight excluding hydrogens is 332 g/mol. The number of nitrogens with zero attached hydrogens (tertiary/aromatic N) is 2.